The number of alkyl halides is 1. The van der Waals surface area contributed by atoms with Gasteiger partial charge in [0.15, 0.2) is 0 Å². The first-order valence-electron chi connectivity index (χ1n) is 8.57. The van der Waals surface area contributed by atoms with E-state index in [4.69, 9.17) is 16.7 Å². The molecule has 1 amide bonds. The fourth-order valence-corrected chi connectivity index (χ4v) is 2.72. The van der Waals surface area contributed by atoms with Crippen LogP contribution in [0.15, 0.2) is 59.4 Å². The van der Waals surface area contributed by atoms with Gasteiger partial charge in [-0.05, 0) is 36.4 Å². The standard InChI is InChI=1S/C20H16ClF2N3O3/c21-13-6-4-12(5-7-13)18-9-17(19(28)24-15(10-22)11-27)20(29)26(25-18)16-3-1-2-14(23)8-16/h1-9,15,27H,10-11H2,(H,24,28). The van der Waals surface area contributed by atoms with Crippen LogP contribution in [0.1, 0.15) is 10.4 Å². The van der Waals surface area contributed by atoms with Crippen LogP contribution in [0, 0.1) is 5.82 Å². The predicted molar refractivity (Wildman–Crippen MR) is 105 cm³/mol. The first kappa shape index (κ1) is 20.6. The molecule has 1 heterocycles. The third-order valence-electron chi connectivity index (χ3n) is 4.09. The van der Waals surface area contributed by atoms with E-state index in [1.807, 2.05) is 0 Å². The minimum absolute atomic E-state index is 0.115. The summed E-state index contributed by atoms with van der Waals surface area (Å²) in [6.45, 7) is -1.63. The highest BCUT2D eigenvalue weighted by atomic mass is 35.5. The molecule has 6 nitrogen and oxygen atoms in total. The molecular formula is C20H16ClF2N3O3. The van der Waals surface area contributed by atoms with Crippen molar-refractivity contribution in [3.8, 4) is 16.9 Å². The Balaban J connectivity index is 2.17. The molecule has 0 radical (unpaired) electrons. The van der Waals surface area contributed by atoms with Gasteiger partial charge in [0, 0.05) is 10.6 Å². The van der Waals surface area contributed by atoms with Crippen LogP contribution in [0.25, 0.3) is 16.9 Å². The van der Waals surface area contributed by atoms with Gasteiger partial charge < -0.3 is 10.4 Å². The van der Waals surface area contributed by atoms with Gasteiger partial charge in [-0.25, -0.2) is 8.78 Å². The average molecular weight is 420 g/mol. The molecule has 0 fully saturated rings. The molecule has 3 rings (SSSR count). The van der Waals surface area contributed by atoms with E-state index >= 15 is 0 Å². The number of amides is 1. The molecule has 1 unspecified atom stereocenters. The number of nitrogens with one attached hydrogen (secondary N) is 1. The van der Waals surface area contributed by atoms with Crippen molar-refractivity contribution in [1.29, 1.82) is 0 Å². The summed E-state index contributed by atoms with van der Waals surface area (Å²) in [6, 6.07) is 11.8. The summed E-state index contributed by atoms with van der Waals surface area (Å²) < 4.78 is 27.4. The lowest BCUT2D eigenvalue weighted by molar-refractivity contribution is 0.0902. The molecule has 0 aliphatic rings. The van der Waals surface area contributed by atoms with Gasteiger partial charge in [0.25, 0.3) is 11.5 Å². The van der Waals surface area contributed by atoms with Crippen molar-refractivity contribution in [3.63, 3.8) is 0 Å². The predicted octanol–water partition coefficient (Wildman–Crippen LogP) is 2.75. The second-order valence-corrected chi connectivity index (χ2v) is 6.59. The molecule has 2 aromatic carbocycles. The maximum Gasteiger partial charge on any atom is 0.284 e. The smallest absolute Gasteiger partial charge is 0.284 e. The van der Waals surface area contributed by atoms with Crippen molar-refractivity contribution < 1.29 is 18.7 Å². The Hall–Kier alpha value is -3.10. The Bertz CT molecular complexity index is 1080. The number of aromatic nitrogens is 2. The van der Waals surface area contributed by atoms with Crippen molar-refractivity contribution in [2.75, 3.05) is 13.3 Å². The Labute approximate surface area is 169 Å². The summed E-state index contributed by atoms with van der Waals surface area (Å²) in [6.07, 6.45) is 0. The quantitative estimate of drug-likeness (QED) is 0.643. The van der Waals surface area contributed by atoms with E-state index in [1.165, 1.54) is 24.3 Å². The zero-order valence-corrected chi connectivity index (χ0v) is 15.7. The van der Waals surface area contributed by atoms with Crippen LogP contribution in [-0.2, 0) is 0 Å². The second kappa shape index (κ2) is 8.93. The molecule has 29 heavy (non-hydrogen) atoms. The molecule has 3 aromatic rings. The largest absolute Gasteiger partial charge is 0.394 e. The first-order valence-corrected chi connectivity index (χ1v) is 8.94. The summed E-state index contributed by atoms with van der Waals surface area (Å²) in [7, 11) is 0. The van der Waals surface area contributed by atoms with Crippen LogP contribution >= 0.6 is 11.6 Å². The maximum absolute atomic E-state index is 13.7. The number of hydrogen-bond donors (Lipinski definition) is 2. The van der Waals surface area contributed by atoms with Gasteiger partial charge in [0.2, 0.25) is 0 Å². The van der Waals surface area contributed by atoms with E-state index in [-0.39, 0.29) is 16.9 Å². The zero-order chi connectivity index (χ0) is 21.0. The summed E-state index contributed by atoms with van der Waals surface area (Å²) >= 11 is 5.90. The molecule has 1 aromatic heterocycles. The van der Waals surface area contributed by atoms with Crippen molar-refractivity contribution in [2.45, 2.75) is 6.04 Å². The maximum atomic E-state index is 13.7. The van der Waals surface area contributed by atoms with Gasteiger partial charge in [-0.2, -0.15) is 9.78 Å². The third-order valence-corrected chi connectivity index (χ3v) is 4.34. The van der Waals surface area contributed by atoms with E-state index in [2.05, 4.69) is 10.4 Å². The van der Waals surface area contributed by atoms with E-state index in [0.29, 0.717) is 10.6 Å². The highest BCUT2D eigenvalue weighted by molar-refractivity contribution is 6.30. The lowest BCUT2D eigenvalue weighted by atomic mass is 10.1. The number of carbonyl (C=O) groups excluding carboxylic acids is 1. The number of carbonyl (C=O) groups is 1. The summed E-state index contributed by atoms with van der Waals surface area (Å²) in [5.74, 6) is -1.47. The van der Waals surface area contributed by atoms with E-state index in [1.54, 1.807) is 24.3 Å². The van der Waals surface area contributed by atoms with Gasteiger partial charge in [-0.1, -0.05) is 29.8 Å². The average Bonchev–Trinajstić information content (AvgIpc) is 2.72. The van der Waals surface area contributed by atoms with Crippen molar-refractivity contribution in [3.05, 3.63) is 81.4 Å². The van der Waals surface area contributed by atoms with Crippen LogP contribution < -0.4 is 10.9 Å². The number of hydrogen-bond acceptors (Lipinski definition) is 4. The number of aliphatic hydroxyl groups excluding tert-OH is 1. The zero-order valence-electron chi connectivity index (χ0n) is 15.0. The van der Waals surface area contributed by atoms with Crippen molar-refractivity contribution >= 4 is 17.5 Å². The lowest BCUT2D eigenvalue weighted by Gasteiger charge is -2.14. The van der Waals surface area contributed by atoms with Gasteiger partial charge in [-0.15, -0.1) is 0 Å². The van der Waals surface area contributed by atoms with Crippen LogP contribution in [0.4, 0.5) is 8.78 Å². The minimum Gasteiger partial charge on any atom is -0.394 e. The topological polar surface area (TPSA) is 84.2 Å². The molecule has 0 saturated heterocycles. The Morgan fingerprint density at radius 3 is 2.55 bits per heavy atom. The Morgan fingerprint density at radius 1 is 1.21 bits per heavy atom. The third kappa shape index (κ3) is 4.67. The van der Waals surface area contributed by atoms with Gasteiger partial charge in [0.05, 0.1) is 24.0 Å². The molecule has 0 bridgehead atoms. The number of aliphatic hydroxyl groups is 1. The number of benzene rings is 2. The fourth-order valence-electron chi connectivity index (χ4n) is 2.60. The molecule has 2 N–H and O–H groups in total. The molecule has 0 saturated carbocycles. The minimum atomic E-state index is -1.16. The van der Waals surface area contributed by atoms with Crippen molar-refractivity contribution in [2.24, 2.45) is 0 Å². The van der Waals surface area contributed by atoms with E-state index in [0.717, 1.165) is 10.7 Å². The second-order valence-electron chi connectivity index (χ2n) is 6.15. The van der Waals surface area contributed by atoms with Gasteiger partial charge in [-0.3, -0.25) is 9.59 Å². The Morgan fingerprint density at radius 2 is 1.93 bits per heavy atom. The van der Waals surface area contributed by atoms with Crippen molar-refractivity contribution in [1.82, 2.24) is 15.1 Å². The van der Waals surface area contributed by atoms with Crippen LogP contribution in [-0.4, -0.2) is 40.1 Å². The molecule has 9 heteroatoms. The highest BCUT2D eigenvalue weighted by Gasteiger charge is 2.20. The first-order chi connectivity index (χ1) is 13.9. The monoisotopic (exact) mass is 419 g/mol. The normalized spacial score (nSPS) is 11.9. The van der Waals surface area contributed by atoms with E-state index in [9.17, 15) is 18.4 Å². The number of nitrogens with zero attached hydrogens (tertiary/aromatic N) is 2. The van der Waals surface area contributed by atoms with Crippen LogP contribution in [0.5, 0.6) is 0 Å². The summed E-state index contributed by atoms with van der Waals surface area (Å²) in [4.78, 5) is 25.4. The van der Waals surface area contributed by atoms with E-state index < -0.39 is 36.6 Å². The number of rotatable bonds is 6. The number of halogens is 3. The molecule has 1 atom stereocenters. The molecule has 150 valence electrons. The molecule has 0 aliphatic carbocycles. The van der Waals surface area contributed by atoms with Crippen LogP contribution in [0.3, 0.4) is 0 Å². The Kier molecular flexibility index (Phi) is 6.36. The molecule has 0 spiro atoms. The fraction of sp³-hybridized carbons (Fsp3) is 0.150. The lowest BCUT2D eigenvalue weighted by Crippen LogP contribution is -2.42. The van der Waals surface area contributed by atoms with Gasteiger partial charge in [0.1, 0.15) is 18.1 Å². The summed E-state index contributed by atoms with van der Waals surface area (Å²) in [5, 5.41) is 16.1. The SMILES string of the molecule is O=C(NC(CO)CF)c1cc(-c2ccc(Cl)cc2)nn(-c2cccc(F)c2)c1=O. The molecule has 0 aliphatic heterocycles. The van der Waals surface area contributed by atoms with Crippen LogP contribution in [0.2, 0.25) is 5.02 Å². The highest BCUT2D eigenvalue weighted by Crippen LogP contribution is 2.20. The summed E-state index contributed by atoms with van der Waals surface area (Å²) in [5.41, 5.74) is -0.235. The molecular weight excluding hydrogens is 404 g/mol. The van der Waals surface area contributed by atoms with Gasteiger partial charge >= 0.3 is 0 Å².